The third-order valence-corrected chi connectivity index (χ3v) is 3.58. The van der Waals surface area contributed by atoms with Crippen LogP contribution in [0.25, 0.3) is 0 Å². The number of carbonyl (C=O) groups is 1. The molecule has 1 aromatic rings. The Labute approximate surface area is 121 Å². The average Bonchev–Trinajstić information content (AvgIpc) is 2.40. The first-order valence-corrected chi connectivity index (χ1v) is 7.19. The molecule has 1 amide bonds. The molecule has 0 atom stereocenters. The van der Waals surface area contributed by atoms with Gasteiger partial charge in [-0.3, -0.25) is 4.79 Å². The topological polar surface area (TPSA) is 50.4 Å². The van der Waals surface area contributed by atoms with Crippen molar-refractivity contribution >= 4 is 34.2 Å². The third kappa shape index (κ3) is 4.55. The number of amides is 1. The molecular weight excluding hydrogens is 343 g/mol. The van der Waals surface area contributed by atoms with Crippen LogP contribution in [-0.4, -0.2) is 31.7 Å². The van der Waals surface area contributed by atoms with Gasteiger partial charge in [-0.05, 0) is 72.8 Å². The molecule has 0 spiro atoms. The molecule has 1 aliphatic heterocycles. The van der Waals surface area contributed by atoms with E-state index in [-0.39, 0.29) is 18.6 Å². The lowest BCUT2D eigenvalue weighted by Crippen LogP contribution is -2.34. The number of ether oxygens (including phenoxy) is 1. The Morgan fingerprint density at radius 2 is 2.00 bits per heavy atom. The Balaban J connectivity index is 1.73. The molecule has 18 heavy (non-hydrogen) atoms. The molecule has 1 saturated heterocycles. The van der Waals surface area contributed by atoms with Crippen molar-refractivity contribution in [1.29, 1.82) is 0 Å². The normalized spacial score (nSPS) is 16.5. The molecule has 98 valence electrons. The van der Waals surface area contributed by atoms with Gasteiger partial charge in [-0.25, -0.2) is 0 Å². The predicted octanol–water partition coefficient (Wildman–Crippen LogP) is 2.00. The molecule has 1 fully saturated rings. The highest BCUT2D eigenvalue weighted by atomic mass is 127. The first-order chi connectivity index (χ1) is 8.74. The summed E-state index contributed by atoms with van der Waals surface area (Å²) in [5.41, 5.74) is 0.814. The van der Waals surface area contributed by atoms with Gasteiger partial charge in [0.2, 0.25) is 5.91 Å². The van der Waals surface area contributed by atoms with E-state index in [4.69, 9.17) is 4.74 Å². The van der Waals surface area contributed by atoms with Crippen LogP contribution in [0.1, 0.15) is 12.8 Å². The smallest absolute Gasteiger partial charge is 0.250 e. The van der Waals surface area contributed by atoms with Gasteiger partial charge >= 0.3 is 0 Å². The second-order valence-electron chi connectivity index (χ2n) is 4.32. The molecule has 1 heterocycles. The summed E-state index contributed by atoms with van der Waals surface area (Å²) in [6.07, 6.45) is 2.18. The molecule has 0 bridgehead atoms. The van der Waals surface area contributed by atoms with Crippen molar-refractivity contribution in [2.75, 3.05) is 25.0 Å². The summed E-state index contributed by atoms with van der Waals surface area (Å²) in [4.78, 5) is 11.7. The first kappa shape index (κ1) is 13.8. The minimum atomic E-state index is -0.0882. The van der Waals surface area contributed by atoms with E-state index >= 15 is 0 Å². The van der Waals surface area contributed by atoms with E-state index in [0.717, 1.165) is 35.2 Å². The summed E-state index contributed by atoms with van der Waals surface area (Å²) in [6.45, 7) is 2.09. The number of anilines is 1. The van der Waals surface area contributed by atoms with Crippen LogP contribution < -0.4 is 10.6 Å². The lowest BCUT2D eigenvalue weighted by atomic mass is 10.1. The number of rotatable bonds is 4. The van der Waals surface area contributed by atoms with E-state index in [0.29, 0.717) is 0 Å². The van der Waals surface area contributed by atoms with Crippen molar-refractivity contribution in [2.45, 2.75) is 18.9 Å². The molecule has 1 aromatic carbocycles. The molecule has 0 aliphatic carbocycles. The summed E-state index contributed by atoms with van der Waals surface area (Å²) in [5.74, 6) is -0.0882. The number of hydrogen-bond acceptors (Lipinski definition) is 3. The van der Waals surface area contributed by atoms with Crippen LogP contribution >= 0.6 is 22.6 Å². The minimum absolute atomic E-state index is 0.0882. The van der Waals surface area contributed by atoms with Gasteiger partial charge in [-0.1, -0.05) is 0 Å². The maximum absolute atomic E-state index is 11.7. The van der Waals surface area contributed by atoms with Crippen molar-refractivity contribution in [3.63, 3.8) is 0 Å². The van der Waals surface area contributed by atoms with Crippen LogP contribution in [0.3, 0.4) is 0 Å². The Morgan fingerprint density at radius 1 is 1.33 bits per heavy atom. The molecular formula is C13H17IN2O2. The van der Waals surface area contributed by atoms with Crippen molar-refractivity contribution in [3.05, 3.63) is 27.8 Å². The number of halogens is 1. The molecule has 0 unspecified atom stereocenters. The largest absolute Gasteiger partial charge is 0.368 e. The average molecular weight is 360 g/mol. The van der Waals surface area contributed by atoms with Gasteiger partial charge < -0.3 is 15.4 Å². The van der Waals surface area contributed by atoms with Gasteiger partial charge in [0.05, 0.1) is 6.10 Å². The highest BCUT2D eigenvalue weighted by molar-refractivity contribution is 14.1. The van der Waals surface area contributed by atoms with Crippen LogP contribution in [-0.2, 0) is 9.53 Å². The van der Waals surface area contributed by atoms with Gasteiger partial charge in [-0.15, -0.1) is 0 Å². The van der Waals surface area contributed by atoms with Gasteiger partial charge in [-0.2, -0.15) is 0 Å². The molecule has 2 rings (SSSR count). The summed E-state index contributed by atoms with van der Waals surface area (Å²) in [5, 5.41) is 6.09. The van der Waals surface area contributed by atoms with Gasteiger partial charge in [0.25, 0.3) is 0 Å². The molecule has 5 heteroatoms. The number of nitrogens with one attached hydrogen (secondary N) is 2. The highest BCUT2D eigenvalue weighted by Gasteiger charge is 2.14. The van der Waals surface area contributed by atoms with Crippen LogP contribution in [0.15, 0.2) is 24.3 Å². The standard InChI is InChI=1S/C13H17IN2O2/c14-10-1-3-11(4-2-10)16-13(17)9-18-12-5-7-15-8-6-12/h1-4,12,15H,5-9H2,(H,16,17). The first-order valence-electron chi connectivity index (χ1n) is 6.12. The van der Waals surface area contributed by atoms with E-state index in [1.54, 1.807) is 0 Å². The Bertz CT molecular complexity index is 388. The summed E-state index contributed by atoms with van der Waals surface area (Å²) >= 11 is 2.23. The van der Waals surface area contributed by atoms with Crippen LogP contribution in [0.5, 0.6) is 0 Å². The fraction of sp³-hybridized carbons (Fsp3) is 0.462. The monoisotopic (exact) mass is 360 g/mol. The number of benzene rings is 1. The van der Waals surface area contributed by atoms with Gasteiger partial charge in [0.1, 0.15) is 6.61 Å². The van der Waals surface area contributed by atoms with Gasteiger partial charge in [0.15, 0.2) is 0 Å². The maximum atomic E-state index is 11.7. The van der Waals surface area contributed by atoms with E-state index in [1.807, 2.05) is 24.3 Å². The predicted molar refractivity (Wildman–Crippen MR) is 79.6 cm³/mol. The lowest BCUT2D eigenvalue weighted by Gasteiger charge is -2.22. The zero-order chi connectivity index (χ0) is 12.8. The minimum Gasteiger partial charge on any atom is -0.368 e. The van der Waals surface area contributed by atoms with Crippen LogP contribution in [0, 0.1) is 3.57 Å². The SMILES string of the molecule is O=C(COC1CCNCC1)Nc1ccc(I)cc1. The fourth-order valence-corrected chi connectivity index (χ4v) is 2.25. The molecule has 4 nitrogen and oxygen atoms in total. The maximum Gasteiger partial charge on any atom is 0.250 e. The van der Waals surface area contributed by atoms with Gasteiger partial charge in [0, 0.05) is 9.26 Å². The van der Waals surface area contributed by atoms with Crippen LogP contribution in [0.4, 0.5) is 5.69 Å². The van der Waals surface area contributed by atoms with E-state index in [1.165, 1.54) is 0 Å². The molecule has 2 N–H and O–H groups in total. The molecule has 0 radical (unpaired) electrons. The summed E-state index contributed by atoms with van der Waals surface area (Å²) < 4.78 is 6.74. The Hall–Kier alpha value is -0.660. The molecule has 1 aliphatic rings. The van der Waals surface area contributed by atoms with Crippen LogP contribution in [0.2, 0.25) is 0 Å². The van der Waals surface area contributed by atoms with E-state index < -0.39 is 0 Å². The number of carbonyl (C=O) groups excluding carboxylic acids is 1. The molecule has 0 aromatic heterocycles. The Kier molecular flexibility index (Phi) is 5.40. The van der Waals surface area contributed by atoms with Crippen molar-refractivity contribution in [2.24, 2.45) is 0 Å². The summed E-state index contributed by atoms with van der Waals surface area (Å²) in [6, 6.07) is 7.71. The Morgan fingerprint density at radius 3 is 2.67 bits per heavy atom. The second-order valence-corrected chi connectivity index (χ2v) is 5.56. The number of hydrogen-bond donors (Lipinski definition) is 2. The quantitative estimate of drug-likeness (QED) is 0.808. The third-order valence-electron chi connectivity index (χ3n) is 2.86. The highest BCUT2D eigenvalue weighted by Crippen LogP contribution is 2.11. The van der Waals surface area contributed by atoms with Crippen molar-refractivity contribution in [3.8, 4) is 0 Å². The van der Waals surface area contributed by atoms with Crippen molar-refractivity contribution < 1.29 is 9.53 Å². The second kappa shape index (κ2) is 7.06. The lowest BCUT2D eigenvalue weighted by molar-refractivity contribution is -0.123. The molecule has 0 saturated carbocycles. The fourth-order valence-electron chi connectivity index (χ4n) is 1.89. The van der Waals surface area contributed by atoms with E-state index in [9.17, 15) is 4.79 Å². The van der Waals surface area contributed by atoms with Crippen molar-refractivity contribution in [1.82, 2.24) is 5.32 Å². The number of piperidine rings is 1. The zero-order valence-electron chi connectivity index (χ0n) is 10.1. The zero-order valence-corrected chi connectivity index (χ0v) is 12.3. The van der Waals surface area contributed by atoms with E-state index in [2.05, 4.69) is 33.2 Å². The summed E-state index contributed by atoms with van der Waals surface area (Å²) in [7, 11) is 0.